The number of hydrogen-bond donors (Lipinski definition) is 1. The van der Waals surface area contributed by atoms with E-state index in [1.807, 2.05) is 13.8 Å². The minimum Gasteiger partial charge on any atom is -0.468 e. The van der Waals surface area contributed by atoms with Gasteiger partial charge in [0, 0.05) is 33.1 Å². The third-order valence-corrected chi connectivity index (χ3v) is 8.99. The van der Waals surface area contributed by atoms with E-state index < -0.39 is 27.4 Å². The first kappa shape index (κ1) is 29.3. The monoisotopic (exact) mass is 543 g/mol. The number of nitrogens with zero attached hydrogens (tertiary/aromatic N) is 2. The number of rotatable bonds is 8. The Bertz CT molecular complexity index is 1270. The summed E-state index contributed by atoms with van der Waals surface area (Å²) in [5.41, 5.74) is 1.74. The van der Waals surface area contributed by atoms with Crippen molar-refractivity contribution in [2.45, 2.75) is 63.4 Å². The van der Waals surface area contributed by atoms with E-state index >= 15 is 0 Å². The maximum Gasteiger partial charge on any atom is 0.315 e. The van der Waals surface area contributed by atoms with Gasteiger partial charge in [0.25, 0.3) is 0 Å². The van der Waals surface area contributed by atoms with Crippen LogP contribution in [0.3, 0.4) is 0 Å². The Morgan fingerprint density at radius 2 is 1.63 bits per heavy atom. The van der Waals surface area contributed by atoms with Gasteiger partial charge in [-0.3, -0.25) is 14.4 Å². The van der Waals surface area contributed by atoms with E-state index in [-0.39, 0.29) is 48.9 Å². The SMILES string of the molecule is COC(=O)C(C)(C)c1ccc(CNC(=O)C2CN(C(C)=O)CCN2S(=O)(=O)c2ccc(C(C)C)cc2)cc1. The first-order valence-corrected chi connectivity index (χ1v) is 14.1. The molecule has 9 nitrogen and oxygen atoms in total. The van der Waals surface area contributed by atoms with Gasteiger partial charge in [-0.15, -0.1) is 0 Å². The van der Waals surface area contributed by atoms with E-state index in [2.05, 4.69) is 5.32 Å². The number of nitrogens with one attached hydrogen (secondary N) is 1. The first-order valence-electron chi connectivity index (χ1n) is 12.6. The van der Waals surface area contributed by atoms with Gasteiger partial charge in [0.05, 0.1) is 17.4 Å². The quantitative estimate of drug-likeness (QED) is 0.513. The van der Waals surface area contributed by atoms with Crippen LogP contribution in [0.1, 0.15) is 57.2 Å². The molecule has 1 unspecified atom stereocenters. The highest BCUT2D eigenvalue weighted by molar-refractivity contribution is 7.89. The molecule has 10 heteroatoms. The fourth-order valence-electron chi connectivity index (χ4n) is 4.43. The number of carbonyl (C=O) groups excluding carboxylic acids is 3. The molecule has 1 saturated heterocycles. The van der Waals surface area contributed by atoms with Crippen LogP contribution in [0.15, 0.2) is 53.4 Å². The maximum absolute atomic E-state index is 13.5. The molecule has 0 aromatic heterocycles. The molecule has 0 radical (unpaired) electrons. The summed E-state index contributed by atoms with van der Waals surface area (Å²) in [4.78, 5) is 39.0. The molecule has 1 aliphatic rings. The predicted molar refractivity (Wildman–Crippen MR) is 144 cm³/mol. The smallest absolute Gasteiger partial charge is 0.315 e. The lowest BCUT2D eigenvalue weighted by molar-refractivity contribution is -0.146. The standard InChI is InChI=1S/C28H37N3O6S/c1-19(2)22-9-13-24(14-10-22)38(35,36)31-16-15-30(20(3)32)18-25(31)26(33)29-17-21-7-11-23(12-8-21)28(4,5)27(34)37-6/h7-14,19,25H,15-18H2,1-6H3,(H,29,33). The highest BCUT2D eigenvalue weighted by Gasteiger charge is 2.40. The van der Waals surface area contributed by atoms with Crippen LogP contribution in [-0.4, -0.2) is 68.2 Å². The number of sulfonamides is 1. The van der Waals surface area contributed by atoms with Crippen LogP contribution in [0.5, 0.6) is 0 Å². The van der Waals surface area contributed by atoms with Crippen molar-refractivity contribution in [2.75, 3.05) is 26.7 Å². The second kappa shape index (κ2) is 11.7. The van der Waals surface area contributed by atoms with Crippen molar-refractivity contribution in [3.8, 4) is 0 Å². The molecule has 3 rings (SSSR count). The van der Waals surface area contributed by atoms with Crippen molar-refractivity contribution in [1.29, 1.82) is 0 Å². The van der Waals surface area contributed by atoms with Gasteiger partial charge in [-0.05, 0) is 48.6 Å². The maximum atomic E-state index is 13.5. The summed E-state index contributed by atoms with van der Waals surface area (Å²) in [6.07, 6.45) is 0. The molecule has 206 valence electrons. The molecule has 2 amide bonds. The topological polar surface area (TPSA) is 113 Å². The second-order valence-corrected chi connectivity index (χ2v) is 12.2. The van der Waals surface area contributed by atoms with Crippen LogP contribution >= 0.6 is 0 Å². The summed E-state index contributed by atoms with van der Waals surface area (Å²) in [7, 11) is -2.63. The molecule has 2 aromatic rings. The molecule has 38 heavy (non-hydrogen) atoms. The van der Waals surface area contributed by atoms with Gasteiger partial charge in [0.1, 0.15) is 6.04 Å². The number of piperazine rings is 1. The Hall–Kier alpha value is -3.24. The Morgan fingerprint density at radius 3 is 2.16 bits per heavy atom. The number of hydrogen-bond acceptors (Lipinski definition) is 6. The van der Waals surface area contributed by atoms with Crippen molar-refractivity contribution in [3.05, 3.63) is 65.2 Å². The third-order valence-electron chi connectivity index (χ3n) is 7.07. The molecule has 2 aromatic carbocycles. The number of carbonyl (C=O) groups is 3. The van der Waals surface area contributed by atoms with Crippen molar-refractivity contribution >= 4 is 27.8 Å². The molecule has 1 atom stereocenters. The zero-order valence-corrected chi connectivity index (χ0v) is 23.7. The lowest BCUT2D eigenvalue weighted by Gasteiger charge is -2.39. The fraction of sp³-hybridized carbons (Fsp3) is 0.464. The lowest BCUT2D eigenvalue weighted by Crippen LogP contribution is -2.61. The number of amides is 2. The molecule has 0 aliphatic carbocycles. The minimum absolute atomic E-state index is 0.0171. The van der Waals surface area contributed by atoms with Gasteiger partial charge < -0.3 is 15.0 Å². The number of esters is 1. The van der Waals surface area contributed by atoms with Gasteiger partial charge in [0.2, 0.25) is 21.8 Å². The summed E-state index contributed by atoms with van der Waals surface area (Å²) < 4.78 is 33.2. The van der Waals surface area contributed by atoms with Gasteiger partial charge in [-0.2, -0.15) is 4.31 Å². The van der Waals surface area contributed by atoms with Gasteiger partial charge in [-0.25, -0.2) is 8.42 Å². The van der Waals surface area contributed by atoms with E-state index in [1.54, 1.807) is 62.4 Å². The van der Waals surface area contributed by atoms with Gasteiger partial charge in [-0.1, -0.05) is 50.2 Å². The summed E-state index contributed by atoms with van der Waals surface area (Å²) >= 11 is 0. The highest BCUT2D eigenvalue weighted by Crippen LogP contribution is 2.26. The molecular formula is C28H37N3O6S. The van der Waals surface area contributed by atoms with Gasteiger partial charge in [0.15, 0.2) is 0 Å². The number of benzene rings is 2. The van der Waals surface area contributed by atoms with Crippen LogP contribution in [0, 0.1) is 0 Å². The second-order valence-electron chi connectivity index (χ2n) is 10.4. The molecule has 0 saturated carbocycles. The Labute approximate surface area is 225 Å². The molecule has 0 bridgehead atoms. The zero-order chi connectivity index (χ0) is 28.3. The zero-order valence-electron chi connectivity index (χ0n) is 22.9. The average molecular weight is 544 g/mol. The molecule has 0 spiro atoms. The van der Waals surface area contributed by atoms with Crippen molar-refractivity contribution in [2.24, 2.45) is 0 Å². The predicted octanol–water partition coefficient (Wildman–Crippen LogP) is 2.80. The number of ether oxygens (including phenoxy) is 1. The summed E-state index contributed by atoms with van der Waals surface area (Å²) in [5, 5.41) is 2.82. The largest absolute Gasteiger partial charge is 0.468 e. The van der Waals surface area contributed by atoms with Crippen molar-refractivity contribution in [1.82, 2.24) is 14.5 Å². The van der Waals surface area contributed by atoms with E-state index in [9.17, 15) is 22.8 Å². The van der Waals surface area contributed by atoms with E-state index in [0.717, 1.165) is 16.7 Å². The Morgan fingerprint density at radius 1 is 1.03 bits per heavy atom. The van der Waals surface area contributed by atoms with E-state index in [1.165, 1.54) is 23.2 Å². The molecular weight excluding hydrogens is 506 g/mol. The summed E-state index contributed by atoms with van der Waals surface area (Å²) in [6.45, 7) is 9.35. The molecule has 1 aliphatic heterocycles. The van der Waals surface area contributed by atoms with E-state index in [0.29, 0.717) is 0 Å². The van der Waals surface area contributed by atoms with Crippen LogP contribution in [0.2, 0.25) is 0 Å². The van der Waals surface area contributed by atoms with Gasteiger partial charge >= 0.3 is 5.97 Å². The third kappa shape index (κ3) is 6.24. The van der Waals surface area contributed by atoms with Crippen molar-refractivity contribution < 1.29 is 27.5 Å². The van der Waals surface area contributed by atoms with Crippen LogP contribution in [-0.2, 0) is 41.1 Å². The minimum atomic E-state index is -3.97. The van der Waals surface area contributed by atoms with Crippen LogP contribution in [0.25, 0.3) is 0 Å². The Balaban J connectivity index is 1.79. The first-order chi connectivity index (χ1) is 17.8. The molecule has 1 heterocycles. The normalized spacial score (nSPS) is 16.8. The summed E-state index contributed by atoms with van der Waals surface area (Å²) in [6, 6.07) is 12.8. The summed E-state index contributed by atoms with van der Waals surface area (Å²) in [5.74, 6) is -0.807. The van der Waals surface area contributed by atoms with Crippen molar-refractivity contribution in [3.63, 3.8) is 0 Å². The fourth-order valence-corrected chi connectivity index (χ4v) is 6.00. The highest BCUT2D eigenvalue weighted by atomic mass is 32.2. The van der Waals surface area contributed by atoms with E-state index in [4.69, 9.17) is 4.74 Å². The van der Waals surface area contributed by atoms with Crippen LogP contribution < -0.4 is 5.32 Å². The molecule has 1 fully saturated rings. The Kier molecular flexibility index (Phi) is 8.99. The van der Waals surface area contributed by atoms with Crippen LogP contribution in [0.4, 0.5) is 0 Å². The lowest BCUT2D eigenvalue weighted by atomic mass is 9.84. The molecule has 1 N–H and O–H groups in total. The number of methoxy groups -OCH3 is 1. The average Bonchev–Trinajstić information content (AvgIpc) is 2.90.